The fraction of sp³-hybridized carbons (Fsp3) is 0.636. The van der Waals surface area contributed by atoms with Crippen molar-refractivity contribution in [2.75, 3.05) is 6.61 Å². The monoisotopic (exact) mass is 488 g/mol. The van der Waals surface area contributed by atoms with Crippen molar-refractivity contribution >= 4 is 39.3 Å². The van der Waals surface area contributed by atoms with Gasteiger partial charge in [0, 0.05) is 10.9 Å². The molecule has 0 saturated carbocycles. The number of nitrogens with one attached hydrogen (secondary N) is 2. The Kier molecular flexibility index (Phi) is 14.7. The van der Waals surface area contributed by atoms with E-state index in [0.29, 0.717) is 17.2 Å². The second-order valence-corrected chi connectivity index (χ2v) is 8.57. The molecular weight excluding hydrogens is 456 g/mol. The van der Waals surface area contributed by atoms with Crippen LogP contribution in [-0.2, 0) is 9.59 Å². The van der Waals surface area contributed by atoms with Gasteiger partial charge in [0.1, 0.15) is 5.75 Å². The van der Waals surface area contributed by atoms with Gasteiger partial charge in [0.2, 0.25) is 5.91 Å². The Morgan fingerprint density at radius 2 is 1.45 bits per heavy atom. The van der Waals surface area contributed by atoms with Crippen LogP contribution in [0.3, 0.4) is 0 Å². The first-order valence-corrected chi connectivity index (χ1v) is 11.9. The number of carbonyl (C=O) groups excluding carboxylic acids is 2. The molecule has 5 nitrogen and oxygen atoms in total. The molecule has 164 valence electrons. The van der Waals surface area contributed by atoms with Crippen LogP contribution >= 0.6 is 27.5 Å². The van der Waals surface area contributed by atoms with E-state index in [2.05, 4.69) is 33.7 Å². The fourth-order valence-corrected chi connectivity index (χ4v) is 3.65. The summed E-state index contributed by atoms with van der Waals surface area (Å²) in [6.45, 7) is 2.02. The van der Waals surface area contributed by atoms with Crippen molar-refractivity contribution in [3.05, 3.63) is 27.7 Å². The summed E-state index contributed by atoms with van der Waals surface area (Å²) >= 11 is 9.32. The summed E-state index contributed by atoms with van der Waals surface area (Å²) in [5.41, 5.74) is 4.78. The van der Waals surface area contributed by atoms with Crippen LogP contribution in [0.1, 0.15) is 84.0 Å². The molecule has 0 radical (unpaired) electrons. The van der Waals surface area contributed by atoms with Crippen molar-refractivity contribution in [1.29, 1.82) is 0 Å². The van der Waals surface area contributed by atoms with E-state index < -0.39 is 5.91 Å². The van der Waals surface area contributed by atoms with Crippen molar-refractivity contribution < 1.29 is 14.3 Å². The number of unbranched alkanes of at least 4 members (excludes halogenated alkanes) is 10. The summed E-state index contributed by atoms with van der Waals surface area (Å²) in [5.74, 6) is -0.204. The lowest BCUT2D eigenvalue weighted by molar-refractivity contribution is -0.130. The molecule has 0 aliphatic carbocycles. The van der Waals surface area contributed by atoms with Crippen LogP contribution in [0.4, 0.5) is 0 Å². The van der Waals surface area contributed by atoms with Gasteiger partial charge in [0.05, 0.1) is 5.02 Å². The van der Waals surface area contributed by atoms with Crippen molar-refractivity contribution in [1.82, 2.24) is 10.9 Å². The highest BCUT2D eigenvalue weighted by Gasteiger charge is 2.08. The number of halogens is 2. The minimum absolute atomic E-state index is 0.184. The molecule has 0 atom stereocenters. The highest BCUT2D eigenvalue weighted by atomic mass is 79.9. The Bertz CT molecular complexity index is 614. The zero-order valence-electron chi connectivity index (χ0n) is 17.4. The topological polar surface area (TPSA) is 67.4 Å². The Hall–Kier alpha value is -1.27. The van der Waals surface area contributed by atoms with Crippen LogP contribution in [0.15, 0.2) is 22.7 Å². The maximum atomic E-state index is 11.8. The van der Waals surface area contributed by atoms with E-state index in [4.69, 9.17) is 16.3 Å². The zero-order chi connectivity index (χ0) is 21.3. The van der Waals surface area contributed by atoms with Crippen LogP contribution in [0.2, 0.25) is 5.02 Å². The van der Waals surface area contributed by atoms with Crippen molar-refractivity contribution in [3.63, 3.8) is 0 Å². The van der Waals surface area contributed by atoms with Gasteiger partial charge >= 0.3 is 0 Å². The lowest BCUT2D eigenvalue weighted by Crippen LogP contribution is -2.43. The van der Waals surface area contributed by atoms with Gasteiger partial charge in [0.25, 0.3) is 5.91 Å². The second-order valence-electron chi connectivity index (χ2n) is 7.25. The molecule has 1 aromatic rings. The van der Waals surface area contributed by atoms with Crippen molar-refractivity contribution in [2.45, 2.75) is 84.0 Å². The molecule has 2 amide bonds. The van der Waals surface area contributed by atoms with Crippen molar-refractivity contribution in [2.24, 2.45) is 0 Å². The van der Waals surface area contributed by atoms with E-state index in [9.17, 15) is 9.59 Å². The van der Waals surface area contributed by atoms with E-state index in [1.165, 1.54) is 51.4 Å². The van der Waals surface area contributed by atoms with E-state index in [1.54, 1.807) is 18.2 Å². The predicted octanol–water partition coefficient (Wildman–Crippen LogP) is 6.33. The van der Waals surface area contributed by atoms with E-state index in [0.717, 1.165) is 23.7 Å². The third kappa shape index (κ3) is 13.6. The van der Waals surface area contributed by atoms with Crippen molar-refractivity contribution in [3.8, 4) is 5.75 Å². The maximum Gasteiger partial charge on any atom is 0.276 e. The average Bonchev–Trinajstić information content (AvgIpc) is 2.69. The molecule has 2 N–H and O–H groups in total. The summed E-state index contributed by atoms with van der Waals surface area (Å²) in [6.07, 6.45) is 14.0. The van der Waals surface area contributed by atoms with Gasteiger partial charge in [0.15, 0.2) is 6.61 Å². The minimum atomic E-state index is -0.434. The largest absolute Gasteiger partial charge is 0.482 e. The first kappa shape index (κ1) is 25.8. The van der Waals surface area contributed by atoms with Crippen LogP contribution in [-0.4, -0.2) is 18.4 Å². The van der Waals surface area contributed by atoms with Crippen LogP contribution in [0.5, 0.6) is 5.75 Å². The zero-order valence-corrected chi connectivity index (χ0v) is 19.7. The second kappa shape index (κ2) is 16.5. The van der Waals surface area contributed by atoms with Gasteiger partial charge in [-0.2, -0.15) is 0 Å². The molecule has 1 aromatic carbocycles. The molecule has 0 fully saturated rings. The third-order valence-electron chi connectivity index (χ3n) is 4.60. The van der Waals surface area contributed by atoms with Crippen LogP contribution in [0, 0.1) is 0 Å². The predicted molar refractivity (Wildman–Crippen MR) is 122 cm³/mol. The maximum absolute atomic E-state index is 11.8. The lowest BCUT2D eigenvalue weighted by Gasteiger charge is -2.10. The molecule has 0 saturated heterocycles. The molecule has 7 heteroatoms. The van der Waals surface area contributed by atoms with Gasteiger partial charge < -0.3 is 4.74 Å². The standard InChI is InChI=1S/C22H34BrClN2O3/c1-2-3-4-5-6-7-8-9-10-11-12-13-21(27)25-26-22(28)17-29-20-15-14-18(23)16-19(20)24/h14-16H,2-13,17H2,1H3,(H,25,27)(H,26,28). The first-order chi connectivity index (χ1) is 14.0. The molecule has 0 bridgehead atoms. The Labute approximate surface area is 188 Å². The molecule has 29 heavy (non-hydrogen) atoms. The quantitative estimate of drug-likeness (QED) is 0.223. The smallest absolute Gasteiger partial charge is 0.276 e. The number of ether oxygens (including phenoxy) is 1. The SMILES string of the molecule is CCCCCCCCCCCCCC(=O)NNC(=O)COc1ccc(Br)cc1Cl. The fourth-order valence-electron chi connectivity index (χ4n) is 2.92. The number of hydrogen-bond donors (Lipinski definition) is 2. The third-order valence-corrected chi connectivity index (χ3v) is 5.39. The molecule has 1 rings (SSSR count). The molecular formula is C22H34BrClN2O3. The number of benzene rings is 1. The molecule has 0 unspecified atom stereocenters. The minimum Gasteiger partial charge on any atom is -0.482 e. The van der Waals surface area contributed by atoms with Gasteiger partial charge in [-0.1, -0.05) is 98.7 Å². The number of hydrogen-bond acceptors (Lipinski definition) is 3. The summed E-state index contributed by atoms with van der Waals surface area (Å²) in [4.78, 5) is 23.5. The molecule has 0 aliphatic rings. The highest BCUT2D eigenvalue weighted by Crippen LogP contribution is 2.27. The van der Waals surface area contributed by atoms with E-state index in [-0.39, 0.29) is 12.5 Å². The Balaban J connectivity index is 1.97. The average molecular weight is 490 g/mol. The van der Waals surface area contributed by atoms with E-state index in [1.807, 2.05) is 0 Å². The number of hydrazine groups is 1. The van der Waals surface area contributed by atoms with E-state index >= 15 is 0 Å². The number of carbonyl (C=O) groups is 2. The summed E-state index contributed by atoms with van der Waals surface area (Å²) in [7, 11) is 0. The summed E-state index contributed by atoms with van der Waals surface area (Å²) in [5, 5.41) is 0.410. The molecule has 0 heterocycles. The highest BCUT2D eigenvalue weighted by molar-refractivity contribution is 9.10. The van der Waals surface area contributed by atoms with Gasteiger partial charge in [-0.25, -0.2) is 0 Å². The Morgan fingerprint density at radius 3 is 2.03 bits per heavy atom. The number of amides is 2. The van der Waals surface area contributed by atoms with Crippen LogP contribution < -0.4 is 15.6 Å². The Morgan fingerprint density at radius 1 is 0.897 bits per heavy atom. The first-order valence-electron chi connectivity index (χ1n) is 10.7. The van der Waals surface area contributed by atoms with Crippen LogP contribution in [0.25, 0.3) is 0 Å². The summed E-state index contributed by atoms with van der Waals surface area (Å²) in [6, 6.07) is 5.13. The molecule has 0 spiro atoms. The normalized spacial score (nSPS) is 10.6. The molecule has 0 aromatic heterocycles. The lowest BCUT2D eigenvalue weighted by atomic mass is 10.1. The van der Waals surface area contributed by atoms with Gasteiger partial charge in [-0.15, -0.1) is 0 Å². The van der Waals surface area contributed by atoms with Gasteiger partial charge in [-0.05, 0) is 24.6 Å². The molecule has 0 aliphatic heterocycles. The van der Waals surface area contributed by atoms with Gasteiger partial charge in [-0.3, -0.25) is 20.4 Å². The number of rotatable bonds is 15. The summed E-state index contributed by atoms with van der Waals surface area (Å²) < 4.78 is 6.17.